The lowest BCUT2D eigenvalue weighted by Crippen LogP contribution is -2.29. The number of nitrogens with two attached hydrogens (primary N) is 1. The van der Waals surface area contributed by atoms with Crippen molar-refractivity contribution >= 4 is 57.9 Å². The van der Waals surface area contributed by atoms with Gasteiger partial charge in [-0.15, -0.1) is 0 Å². The number of rotatable bonds is 5. The first-order valence-corrected chi connectivity index (χ1v) is 11.4. The van der Waals surface area contributed by atoms with Gasteiger partial charge >= 0.3 is 0 Å². The molecule has 8 nitrogen and oxygen atoms in total. The summed E-state index contributed by atoms with van der Waals surface area (Å²) in [5.41, 5.74) is 7.48. The summed E-state index contributed by atoms with van der Waals surface area (Å²) in [6, 6.07) is 5.38. The van der Waals surface area contributed by atoms with E-state index in [1.165, 1.54) is 0 Å². The molecule has 0 unspecified atom stereocenters. The molecule has 2 aromatic heterocycles. The highest BCUT2D eigenvalue weighted by atomic mass is 35.5. The molecular formula is C22H27Cl2N7O. The average Bonchev–Trinajstić information content (AvgIpc) is 3.03. The fourth-order valence-corrected chi connectivity index (χ4v) is 4.62. The van der Waals surface area contributed by atoms with E-state index in [2.05, 4.69) is 41.0 Å². The van der Waals surface area contributed by atoms with Gasteiger partial charge in [-0.25, -0.2) is 9.97 Å². The zero-order valence-corrected chi connectivity index (χ0v) is 19.8. The Balaban J connectivity index is 1.76. The number of halogens is 2. The number of aromatic nitrogens is 4. The van der Waals surface area contributed by atoms with Gasteiger partial charge in [0.05, 0.1) is 6.20 Å². The molecule has 1 fully saturated rings. The van der Waals surface area contributed by atoms with Crippen LogP contribution in [-0.4, -0.2) is 31.0 Å². The molecule has 0 atom stereocenters. The Kier molecular flexibility index (Phi) is 6.18. The summed E-state index contributed by atoms with van der Waals surface area (Å²) in [6.45, 7) is 6.16. The van der Waals surface area contributed by atoms with Gasteiger partial charge in [-0.05, 0) is 64.7 Å². The maximum Gasteiger partial charge on any atom is 0.225 e. The zero-order chi connectivity index (χ0) is 23.0. The third kappa shape index (κ3) is 5.07. The lowest BCUT2D eigenvalue weighted by Gasteiger charge is -2.29. The Hall–Kier alpha value is -2.58. The minimum Gasteiger partial charge on any atom is -0.369 e. The largest absolute Gasteiger partial charge is 0.369 e. The molecule has 1 aromatic carbocycles. The van der Waals surface area contributed by atoms with Crippen molar-refractivity contribution in [3.05, 3.63) is 34.4 Å². The summed E-state index contributed by atoms with van der Waals surface area (Å²) in [5, 5.41) is 7.72. The number of nitrogens with zero attached hydrogens (tertiary/aromatic N) is 4. The fraction of sp³-hybridized carbons (Fsp3) is 0.455. The lowest BCUT2D eigenvalue weighted by atomic mass is 9.85. The number of benzene rings is 1. The van der Waals surface area contributed by atoms with Gasteiger partial charge in [0, 0.05) is 33.2 Å². The van der Waals surface area contributed by atoms with Crippen LogP contribution in [0.15, 0.2) is 24.4 Å². The van der Waals surface area contributed by atoms with Gasteiger partial charge in [0.25, 0.3) is 0 Å². The number of hydrogen-bond acceptors (Lipinski definition) is 6. The SMILES string of the molecule is CC(C)(C)Nc1ncc2nc(Nc3cc(Cl)cc(Cl)c3)n([C@H]3CC[C@H](C(N)=O)CC3)c2n1. The molecule has 1 amide bonds. The Morgan fingerprint density at radius 2 is 1.75 bits per heavy atom. The molecule has 2 heterocycles. The number of primary amides is 1. The highest BCUT2D eigenvalue weighted by molar-refractivity contribution is 6.35. The minimum absolute atomic E-state index is 0.0862. The number of carbonyl (C=O) groups excluding carboxylic acids is 1. The number of hydrogen-bond donors (Lipinski definition) is 3. The van der Waals surface area contributed by atoms with Gasteiger partial charge in [0.15, 0.2) is 5.65 Å². The van der Waals surface area contributed by atoms with Crippen LogP contribution in [0.3, 0.4) is 0 Å². The second-order valence-corrected chi connectivity index (χ2v) is 10.1. The van der Waals surface area contributed by atoms with E-state index >= 15 is 0 Å². The molecule has 10 heteroatoms. The van der Waals surface area contributed by atoms with Crippen molar-refractivity contribution in [2.75, 3.05) is 10.6 Å². The van der Waals surface area contributed by atoms with Crippen LogP contribution in [0, 0.1) is 5.92 Å². The summed E-state index contributed by atoms with van der Waals surface area (Å²) in [4.78, 5) is 25.6. The van der Waals surface area contributed by atoms with Crippen LogP contribution in [0.5, 0.6) is 0 Å². The van der Waals surface area contributed by atoms with Crippen LogP contribution in [0.1, 0.15) is 52.5 Å². The standard InChI is InChI=1S/C22H27Cl2N7O/c1-22(2,3)30-20-26-11-17-19(29-20)31(16-6-4-12(5-7-16)18(25)32)21(28-17)27-15-9-13(23)8-14(24)10-15/h8-12,16H,4-7H2,1-3H3,(H2,25,32)(H,27,28)(H,26,29,30)/t12-,16-. The van der Waals surface area contributed by atoms with Crippen molar-refractivity contribution in [2.45, 2.75) is 58.0 Å². The smallest absolute Gasteiger partial charge is 0.225 e. The molecule has 32 heavy (non-hydrogen) atoms. The van der Waals surface area contributed by atoms with E-state index in [9.17, 15) is 4.79 Å². The van der Waals surface area contributed by atoms with Gasteiger partial charge < -0.3 is 16.4 Å². The van der Waals surface area contributed by atoms with Crippen LogP contribution in [0.25, 0.3) is 11.2 Å². The number of fused-ring (bicyclic) bond motifs is 1. The minimum atomic E-state index is -0.232. The van der Waals surface area contributed by atoms with E-state index in [-0.39, 0.29) is 23.4 Å². The molecule has 0 spiro atoms. The van der Waals surface area contributed by atoms with Crippen molar-refractivity contribution < 1.29 is 4.79 Å². The number of carbonyl (C=O) groups is 1. The highest BCUT2D eigenvalue weighted by Gasteiger charge is 2.29. The predicted octanol–water partition coefficient (Wildman–Crippen LogP) is 5.30. The van der Waals surface area contributed by atoms with Gasteiger partial charge in [-0.3, -0.25) is 9.36 Å². The Bertz CT molecular complexity index is 1130. The van der Waals surface area contributed by atoms with E-state index in [1.54, 1.807) is 24.4 Å². The Labute approximate surface area is 196 Å². The summed E-state index contributed by atoms with van der Waals surface area (Å²) >= 11 is 12.4. The maximum atomic E-state index is 11.6. The average molecular weight is 476 g/mol. The molecule has 0 aliphatic heterocycles. The summed E-state index contributed by atoms with van der Waals surface area (Å²) < 4.78 is 2.09. The van der Waals surface area contributed by atoms with Crippen molar-refractivity contribution in [3.8, 4) is 0 Å². The number of imidazole rings is 1. The molecule has 0 bridgehead atoms. The van der Waals surface area contributed by atoms with E-state index in [1.807, 2.05) is 0 Å². The molecule has 4 rings (SSSR count). The van der Waals surface area contributed by atoms with Gasteiger partial charge in [-0.2, -0.15) is 4.98 Å². The molecule has 170 valence electrons. The van der Waals surface area contributed by atoms with Crippen molar-refractivity contribution in [2.24, 2.45) is 11.7 Å². The Morgan fingerprint density at radius 3 is 2.34 bits per heavy atom. The number of amides is 1. The predicted molar refractivity (Wildman–Crippen MR) is 129 cm³/mol. The van der Waals surface area contributed by atoms with Crippen LogP contribution < -0.4 is 16.4 Å². The molecule has 3 aromatic rings. The van der Waals surface area contributed by atoms with Crippen molar-refractivity contribution in [3.63, 3.8) is 0 Å². The normalized spacial score (nSPS) is 19.2. The second kappa shape index (κ2) is 8.75. The van der Waals surface area contributed by atoms with Crippen LogP contribution in [-0.2, 0) is 4.79 Å². The first kappa shape index (κ1) is 22.6. The van der Waals surface area contributed by atoms with E-state index in [0.29, 0.717) is 27.5 Å². The summed E-state index contributed by atoms with van der Waals surface area (Å²) in [5.74, 6) is 0.846. The number of nitrogens with one attached hydrogen (secondary N) is 2. The van der Waals surface area contributed by atoms with Crippen LogP contribution in [0.2, 0.25) is 10.0 Å². The van der Waals surface area contributed by atoms with Gasteiger partial charge in [0.1, 0.15) is 5.52 Å². The monoisotopic (exact) mass is 475 g/mol. The van der Waals surface area contributed by atoms with E-state index < -0.39 is 0 Å². The first-order valence-electron chi connectivity index (χ1n) is 10.6. The second-order valence-electron chi connectivity index (χ2n) is 9.27. The molecule has 0 radical (unpaired) electrons. The quantitative estimate of drug-likeness (QED) is 0.461. The summed E-state index contributed by atoms with van der Waals surface area (Å²) in [7, 11) is 0. The number of anilines is 3. The lowest BCUT2D eigenvalue weighted by molar-refractivity contribution is -0.122. The maximum absolute atomic E-state index is 11.6. The molecule has 0 saturated heterocycles. The van der Waals surface area contributed by atoms with Crippen molar-refractivity contribution in [1.82, 2.24) is 19.5 Å². The van der Waals surface area contributed by atoms with E-state index in [0.717, 1.165) is 37.0 Å². The third-order valence-corrected chi connectivity index (χ3v) is 5.94. The fourth-order valence-electron chi connectivity index (χ4n) is 4.09. The zero-order valence-electron chi connectivity index (χ0n) is 18.3. The topological polar surface area (TPSA) is 111 Å². The molecule has 1 aliphatic rings. The van der Waals surface area contributed by atoms with Crippen LogP contribution >= 0.6 is 23.2 Å². The van der Waals surface area contributed by atoms with Crippen LogP contribution in [0.4, 0.5) is 17.6 Å². The van der Waals surface area contributed by atoms with Gasteiger partial charge in [-0.1, -0.05) is 23.2 Å². The van der Waals surface area contributed by atoms with Gasteiger partial charge in [0.2, 0.25) is 17.8 Å². The third-order valence-electron chi connectivity index (χ3n) is 5.50. The first-order chi connectivity index (χ1) is 15.1. The molecule has 4 N–H and O–H groups in total. The molecule has 1 aliphatic carbocycles. The summed E-state index contributed by atoms with van der Waals surface area (Å²) in [6.07, 6.45) is 4.80. The highest BCUT2D eigenvalue weighted by Crippen LogP contribution is 2.37. The molecule has 1 saturated carbocycles. The Morgan fingerprint density at radius 1 is 1.09 bits per heavy atom. The van der Waals surface area contributed by atoms with E-state index in [4.69, 9.17) is 38.9 Å². The van der Waals surface area contributed by atoms with Crippen molar-refractivity contribution in [1.29, 1.82) is 0 Å². The molecular weight excluding hydrogens is 449 g/mol.